The van der Waals surface area contributed by atoms with Crippen LogP contribution < -0.4 is 5.32 Å². The van der Waals surface area contributed by atoms with E-state index in [-0.39, 0.29) is 6.61 Å². The normalized spacial score (nSPS) is 9.64. The predicted octanol–water partition coefficient (Wildman–Crippen LogP) is 2.44. The summed E-state index contributed by atoms with van der Waals surface area (Å²) >= 11 is 3.17. The molecule has 0 aliphatic heterocycles. The van der Waals surface area contributed by atoms with Crippen LogP contribution in [0, 0.1) is 5.82 Å². The number of benzene rings is 1. The first-order valence-electron chi connectivity index (χ1n) is 3.92. The second kappa shape index (κ2) is 4.95. The van der Waals surface area contributed by atoms with Crippen molar-refractivity contribution in [2.45, 2.75) is 6.61 Å². The van der Waals surface area contributed by atoms with E-state index in [1.165, 1.54) is 13.1 Å². The van der Waals surface area contributed by atoms with Crippen LogP contribution in [0.2, 0.25) is 0 Å². The van der Waals surface area contributed by atoms with Gasteiger partial charge in [0.2, 0.25) is 0 Å². The van der Waals surface area contributed by atoms with Crippen molar-refractivity contribution in [3.05, 3.63) is 34.1 Å². The van der Waals surface area contributed by atoms with Crippen LogP contribution in [0.3, 0.4) is 0 Å². The summed E-state index contributed by atoms with van der Waals surface area (Å²) in [6.07, 6.45) is -0.583. The molecule has 1 aromatic rings. The third-order valence-corrected chi connectivity index (χ3v) is 2.36. The van der Waals surface area contributed by atoms with Gasteiger partial charge in [-0.2, -0.15) is 0 Å². The first-order chi connectivity index (χ1) is 6.65. The van der Waals surface area contributed by atoms with Crippen molar-refractivity contribution in [3.8, 4) is 0 Å². The predicted molar refractivity (Wildman–Crippen MR) is 53.3 cm³/mol. The van der Waals surface area contributed by atoms with E-state index in [0.717, 1.165) is 0 Å². The first-order valence-corrected chi connectivity index (χ1v) is 4.72. The second-order valence-corrected chi connectivity index (χ2v) is 3.38. The van der Waals surface area contributed by atoms with Gasteiger partial charge in [0.15, 0.2) is 0 Å². The van der Waals surface area contributed by atoms with Crippen molar-refractivity contribution < 1.29 is 13.9 Å². The van der Waals surface area contributed by atoms with Crippen LogP contribution in [0.4, 0.5) is 9.18 Å². The topological polar surface area (TPSA) is 38.3 Å². The molecule has 0 fully saturated rings. The minimum absolute atomic E-state index is 0.0903. The molecule has 0 aromatic heterocycles. The molecule has 3 nitrogen and oxygen atoms in total. The second-order valence-electron chi connectivity index (χ2n) is 2.53. The molecular formula is C9H9BrFNO2. The van der Waals surface area contributed by atoms with Crippen molar-refractivity contribution in [2.24, 2.45) is 0 Å². The fourth-order valence-electron chi connectivity index (χ4n) is 0.880. The summed E-state index contributed by atoms with van der Waals surface area (Å²) in [6.45, 7) is -0.0903. The molecule has 5 heteroatoms. The number of halogens is 2. The van der Waals surface area contributed by atoms with Gasteiger partial charge in [0.25, 0.3) is 0 Å². The fourth-order valence-corrected chi connectivity index (χ4v) is 1.34. The number of ether oxygens (including phenoxy) is 1. The molecule has 0 unspecified atom stereocenters. The third-order valence-electron chi connectivity index (χ3n) is 1.61. The molecule has 0 heterocycles. The van der Waals surface area contributed by atoms with Gasteiger partial charge in [0.1, 0.15) is 12.4 Å². The van der Waals surface area contributed by atoms with Gasteiger partial charge in [-0.1, -0.05) is 22.0 Å². The third kappa shape index (κ3) is 2.70. The highest BCUT2D eigenvalue weighted by molar-refractivity contribution is 9.10. The summed E-state index contributed by atoms with van der Waals surface area (Å²) in [7, 11) is 1.44. The standard InChI is InChI=1S/C9H9BrFNO2/c1-12-9(13)14-5-6-7(10)3-2-4-8(6)11/h2-4H,5H2,1H3,(H,12,13). The zero-order chi connectivity index (χ0) is 10.6. The summed E-state index contributed by atoms with van der Waals surface area (Å²) in [5.41, 5.74) is 0.330. The monoisotopic (exact) mass is 261 g/mol. The van der Waals surface area contributed by atoms with Gasteiger partial charge in [0, 0.05) is 17.1 Å². The number of nitrogens with one attached hydrogen (secondary N) is 1. The van der Waals surface area contributed by atoms with Crippen LogP contribution in [0.15, 0.2) is 22.7 Å². The van der Waals surface area contributed by atoms with E-state index in [1.807, 2.05) is 0 Å². The lowest BCUT2D eigenvalue weighted by molar-refractivity contribution is 0.140. The van der Waals surface area contributed by atoms with Gasteiger partial charge in [0.05, 0.1) is 0 Å². The van der Waals surface area contributed by atoms with Crippen molar-refractivity contribution in [1.29, 1.82) is 0 Å². The Kier molecular flexibility index (Phi) is 3.88. The summed E-state index contributed by atoms with van der Waals surface area (Å²) in [4.78, 5) is 10.7. The molecule has 1 amide bonds. The smallest absolute Gasteiger partial charge is 0.407 e. The van der Waals surface area contributed by atoms with Crippen LogP contribution in [0.25, 0.3) is 0 Å². The number of rotatable bonds is 2. The molecule has 0 saturated heterocycles. The van der Waals surface area contributed by atoms with Crippen molar-refractivity contribution in [2.75, 3.05) is 7.05 Å². The van der Waals surface area contributed by atoms with Gasteiger partial charge in [-0.05, 0) is 12.1 Å². The molecule has 1 aromatic carbocycles. The van der Waals surface area contributed by atoms with Crippen LogP contribution in [0.5, 0.6) is 0 Å². The minimum atomic E-state index is -0.583. The Balaban J connectivity index is 2.71. The Labute approximate surface area is 89.4 Å². The lowest BCUT2D eigenvalue weighted by atomic mass is 10.2. The highest BCUT2D eigenvalue weighted by atomic mass is 79.9. The minimum Gasteiger partial charge on any atom is -0.445 e. The Morgan fingerprint density at radius 3 is 2.93 bits per heavy atom. The Hall–Kier alpha value is -1.10. The number of alkyl carbamates (subject to hydrolysis) is 1. The lowest BCUT2D eigenvalue weighted by Gasteiger charge is -2.06. The van der Waals surface area contributed by atoms with Crippen molar-refractivity contribution >= 4 is 22.0 Å². The van der Waals surface area contributed by atoms with Crippen LogP contribution in [-0.4, -0.2) is 13.1 Å². The lowest BCUT2D eigenvalue weighted by Crippen LogP contribution is -2.19. The van der Waals surface area contributed by atoms with Crippen LogP contribution in [0.1, 0.15) is 5.56 Å². The largest absolute Gasteiger partial charge is 0.445 e. The van der Waals surface area contributed by atoms with Crippen LogP contribution in [-0.2, 0) is 11.3 Å². The van der Waals surface area contributed by atoms with Crippen LogP contribution >= 0.6 is 15.9 Å². The highest BCUT2D eigenvalue weighted by Crippen LogP contribution is 2.20. The molecule has 0 saturated carbocycles. The number of carbonyl (C=O) groups excluding carboxylic acids is 1. The van der Waals surface area contributed by atoms with E-state index < -0.39 is 11.9 Å². The SMILES string of the molecule is CNC(=O)OCc1c(F)cccc1Br. The van der Waals surface area contributed by atoms with E-state index in [2.05, 4.69) is 21.2 Å². The Morgan fingerprint density at radius 2 is 2.36 bits per heavy atom. The summed E-state index contributed by atoms with van der Waals surface area (Å²) in [5, 5.41) is 2.28. The molecule has 1 N–H and O–H groups in total. The van der Waals surface area contributed by atoms with E-state index in [0.29, 0.717) is 10.0 Å². The summed E-state index contributed by atoms with van der Waals surface area (Å²) in [5.74, 6) is -0.400. The number of amides is 1. The van der Waals surface area contributed by atoms with Crippen molar-refractivity contribution in [3.63, 3.8) is 0 Å². The highest BCUT2D eigenvalue weighted by Gasteiger charge is 2.08. The van der Waals surface area contributed by atoms with Gasteiger partial charge in [-0.15, -0.1) is 0 Å². The maximum atomic E-state index is 13.2. The van der Waals surface area contributed by atoms with Gasteiger partial charge < -0.3 is 10.1 Å². The average Bonchev–Trinajstić information content (AvgIpc) is 2.16. The maximum Gasteiger partial charge on any atom is 0.407 e. The van der Waals surface area contributed by atoms with E-state index in [9.17, 15) is 9.18 Å². The molecule has 14 heavy (non-hydrogen) atoms. The van der Waals surface area contributed by atoms with Crippen molar-refractivity contribution in [1.82, 2.24) is 5.32 Å². The zero-order valence-electron chi connectivity index (χ0n) is 7.51. The number of carbonyl (C=O) groups is 1. The summed E-state index contributed by atoms with van der Waals surface area (Å²) < 4.78 is 18.5. The first kappa shape index (κ1) is 11.0. The molecule has 0 aliphatic rings. The Bertz CT molecular complexity index is 323. The van der Waals surface area contributed by atoms with Gasteiger partial charge >= 0.3 is 6.09 Å². The number of hydrogen-bond acceptors (Lipinski definition) is 2. The molecule has 0 spiro atoms. The fraction of sp³-hybridized carbons (Fsp3) is 0.222. The van der Waals surface area contributed by atoms with Gasteiger partial charge in [-0.3, -0.25) is 0 Å². The Morgan fingerprint density at radius 1 is 1.64 bits per heavy atom. The molecule has 0 radical (unpaired) electrons. The average molecular weight is 262 g/mol. The van der Waals surface area contributed by atoms with E-state index in [1.54, 1.807) is 12.1 Å². The summed E-state index contributed by atoms with van der Waals surface area (Å²) in [6, 6.07) is 4.57. The molecule has 76 valence electrons. The maximum absolute atomic E-state index is 13.2. The number of hydrogen-bond donors (Lipinski definition) is 1. The molecular weight excluding hydrogens is 253 g/mol. The molecule has 0 aliphatic carbocycles. The zero-order valence-corrected chi connectivity index (χ0v) is 9.10. The molecule has 0 atom stereocenters. The quantitative estimate of drug-likeness (QED) is 0.888. The molecule has 0 bridgehead atoms. The van der Waals surface area contributed by atoms with Gasteiger partial charge in [-0.25, -0.2) is 9.18 Å². The molecule has 1 rings (SSSR count). The van der Waals surface area contributed by atoms with E-state index in [4.69, 9.17) is 4.74 Å². The van der Waals surface area contributed by atoms with E-state index >= 15 is 0 Å².